The molecule has 4 nitrogen and oxygen atoms in total. The van der Waals surface area contributed by atoms with Crippen molar-refractivity contribution in [2.75, 3.05) is 24.3 Å². The molecule has 0 aromatic rings. The van der Waals surface area contributed by atoms with Gasteiger partial charge in [-0.2, -0.15) is 12.6 Å². The molecule has 0 aliphatic carbocycles. The molecular formula is C8H17NO3S2. The molecule has 84 valence electrons. The van der Waals surface area contributed by atoms with Gasteiger partial charge in [0.05, 0.1) is 5.75 Å². The quantitative estimate of drug-likeness (QED) is 0.510. The summed E-state index contributed by atoms with van der Waals surface area (Å²) in [6.45, 7) is 2.18. The van der Waals surface area contributed by atoms with E-state index in [1.54, 1.807) is 6.92 Å². The summed E-state index contributed by atoms with van der Waals surface area (Å²) in [7, 11) is -2.91. The third-order valence-corrected chi connectivity index (χ3v) is 3.29. The Hall–Kier alpha value is -0.230. The highest BCUT2D eigenvalue weighted by Crippen LogP contribution is 1.97. The molecule has 14 heavy (non-hydrogen) atoms. The summed E-state index contributed by atoms with van der Waals surface area (Å²) >= 11 is 3.99. The predicted molar refractivity (Wildman–Crippen MR) is 60.4 cm³/mol. The minimum Gasteiger partial charge on any atom is -0.356 e. The van der Waals surface area contributed by atoms with E-state index in [1.165, 1.54) is 6.26 Å². The lowest BCUT2D eigenvalue weighted by atomic mass is 10.2. The van der Waals surface area contributed by atoms with E-state index in [2.05, 4.69) is 17.9 Å². The second kappa shape index (κ2) is 6.29. The first-order valence-corrected chi connectivity index (χ1v) is 7.12. The van der Waals surface area contributed by atoms with E-state index in [4.69, 9.17) is 0 Å². The summed E-state index contributed by atoms with van der Waals surface area (Å²) in [5, 5.41) is 2.65. The number of nitrogens with one attached hydrogen (secondary N) is 1. The molecule has 0 aliphatic heterocycles. The summed E-state index contributed by atoms with van der Waals surface area (Å²) in [6.07, 6.45) is 1.65. The van der Waals surface area contributed by atoms with E-state index >= 15 is 0 Å². The molecule has 0 heterocycles. The van der Waals surface area contributed by atoms with Crippen molar-refractivity contribution in [3.05, 3.63) is 0 Å². The molecule has 0 fully saturated rings. The Morgan fingerprint density at radius 2 is 2.07 bits per heavy atom. The Labute approximate surface area is 90.8 Å². The molecule has 0 aliphatic rings. The number of hydrogen-bond acceptors (Lipinski definition) is 4. The Morgan fingerprint density at radius 1 is 1.50 bits per heavy atom. The van der Waals surface area contributed by atoms with Crippen LogP contribution in [0.25, 0.3) is 0 Å². The highest BCUT2D eigenvalue weighted by molar-refractivity contribution is 7.90. The first-order chi connectivity index (χ1) is 6.37. The number of rotatable bonds is 6. The Bertz CT molecular complexity index is 274. The van der Waals surface area contributed by atoms with Gasteiger partial charge in [-0.05, 0) is 6.42 Å². The molecule has 0 spiro atoms. The number of amides is 1. The summed E-state index contributed by atoms with van der Waals surface area (Å²) < 4.78 is 21.5. The zero-order valence-electron chi connectivity index (χ0n) is 8.49. The molecule has 0 radical (unpaired) electrons. The van der Waals surface area contributed by atoms with Crippen LogP contribution in [0, 0.1) is 5.92 Å². The van der Waals surface area contributed by atoms with Crippen LogP contribution in [0.3, 0.4) is 0 Å². The first kappa shape index (κ1) is 13.8. The number of thiol groups is 1. The van der Waals surface area contributed by atoms with E-state index < -0.39 is 9.84 Å². The van der Waals surface area contributed by atoms with Crippen LogP contribution in [0.1, 0.15) is 13.3 Å². The van der Waals surface area contributed by atoms with E-state index in [-0.39, 0.29) is 17.6 Å². The Balaban J connectivity index is 3.61. The summed E-state index contributed by atoms with van der Waals surface area (Å²) in [5.41, 5.74) is 0. The number of carbonyl (C=O) groups is 1. The average molecular weight is 239 g/mol. The van der Waals surface area contributed by atoms with Crippen LogP contribution in [0.5, 0.6) is 0 Å². The molecule has 0 unspecified atom stereocenters. The van der Waals surface area contributed by atoms with Crippen molar-refractivity contribution >= 4 is 28.4 Å². The van der Waals surface area contributed by atoms with E-state index in [0.29, 0.717) is 18.7 Å². The van der Waals surface area contributed by atoms with Gasteiger partial charge in [0.15, 0.2) is 0 Å². The Kier molecular flexibility index (Phi) is 6.19. The number of hydrogen-bond donors (Lipinski definition) is 2. The lowest BCUT2D eigenvalue weighted by Crippen LogP contribution is -2.31. The van der Waals surface area contributed by atoms with Crippen LogP contribution in [0.2, 0.25) is 0 Å². The zero-order chi connectivity index (χ0) is 11.2. The molecule has 0 saturated heterocycles. The number of carbonyl (C=O) groups excluding carboxylic acids is 1. The fourth-order valence-electron chi connectivity index (χ4n) is 0.803. The van der Waals surface area contributed by atoms with E-state index in [1.807, 2.05) is 0 Å². The maximum atomic E-state index is 11.2. The van der Waals surface area contributed by atoms with Crippen LogP contribution in [-0.2, 0) is 14.6 Å². The van der Waals surface area contributed by atoms with Crippen molar-refractivity contribution in [1.29, 1.82) is 0 Å². The average Bonchev–Trinajstić information content (AvgIpc) is 2.09. The fraction of sp³-hybridized carbons (Fsp3) is 0.875. The summed E-state index contributed by atoms with van der Waals surface area (Å²) in [5.74, 6) is 0.408. The van der Waals surface area contributed by atoms with Crippen LogP contribution in [0.4, 0.5) is 0 Å². The smallest absolute Gasteiger partial charge is 0.223 e. The second-order valence-corrected chi connectivity index (χ2v) is 5.98. The molecule has 0 rings (SSSR count). The van der Waals surface area contributed by atoms with E-state index in [9.17, 15) is 13.2 Å². The van der Waals surface area contributed by atoms with Gasteiger partial charge in [0.25, 0.3) is 0 Å². The maximum absolute atomic E-state index is 11.2. The highest BCUT2D eigenvalue weighted by Gasteiger charge is 2.09. The van der Waals surface area contributed by atoms with Crippen LogP contribution >= 0.6 is 12.6 Å². The highest BCUT2D eigenvalue weighted by atomic mass is 32.2. The molecular weight excluding hydrogens is 222 g/mol. The van der Waals surface area contributed by atoms with Crippen molar-refractivity contribution in [2.45, 2.75) is 13.3 Å². The van der Waals surface area contributed by atoms with Crippen LogP contribution < -0.4 is 5.32 Å². The van der Waals surface area contributed by atoms with Gasteiger partial charge in [-0.15, -0.1) is 0 Å². The summed E-state index contributed by atoms with van der Waals surface area (Å²) in [4.78, 5) is 11.2. The third kappa shape index (κ3) is 7.20. The van der Waals surface area contributed by atoms with Crippen LogP contribution in [-0.4, -0.2) is 38.6 Å². The topological polar surface area (TPSA) is 63.2 Å². The second-order valence-electron chi connectivity index (χ2n) is 3.36. The van der Waals surface area contributed by atoms with Gasteiger partial charge in [0.2, 0.25) is 5.91 Å². The molecule has 6 heteroatoms. The van der Waals surface area contributed by atoms with Crippen molar-refractivity contribution in [2.24, 2.45) is 5.92 Å². The molecule has 0 aromatic heterocycles. The van der Waals surface area contributed by atoms with Gasteiger partial charge >= 0.3 is 0 Å². The van der Waals surface area contributed by atoms with Gasteiger partial charge in [-0.25, -0.2) is 8.42 Å². The van der Waals surface area contributed by atoms with Crippen molar-refractivity contribution in [3.8, 4) is 0 Å². The number of sulfone groups is 1. The first-order valence-electron chi connectivity index (χ1n) is 4.43. The fourth-order valence-corrected chi connectivity index (χ4v) is 1.64. The molecule has 0 saturated carbocycles. The largest absolute Gasteiger partial charge is 0.356 e. The molecule has 0 aromatic carbocycles. The SMILES string of the molecule is C[C@@H](CS)C(=O)NCCCS(C)(=O)=O. The third-order valence-electron chi connectivity index (χ3n) is 1.71. The normalized spacial score (nSPS) is 13.6. The lowest BCUT2D eigenvalue weighted by molar-refractivity contribution is -0.123. The van der Waals surface area contributed by atoms with E-state index in [0.717, 1.165) is 0 Å². The standard InChI is InChI=1S/C8H17NO3S2/c1-7(6-13)8(10)9-4-3-5-14(2,11)12/h7,13H,3-6H2,1-2H3,(H,9,10)/t7-/m0/s1. The minimum absolute atomic E-state index is 0.0755. The Morgan fingerprint density at radius 3 is 2.50 bits per heavy atom. The molecule has 0 bridgehead atoms. The predicted octanol–water partition coefficient (Wildman–Crippen LogP) is 0.103. The monoisotopic (exact) mass is 239 g/mol. The van der Waals surface area contributed by atoms with Crippen LogP contribution in [0.15, 0.2) is 0 Å². The van der Waals surface area contributed by atoms with Gasteiger partial charge < -0.3 is 5.32 Å². The van der Waals surface area contributed by atoms with Gasteiger partial charge in [-0.1, -0.05) is 6.92 Å². The zero-order valence-corrected chi connectivity index (χ0v) is 10.2. The minimum atomic E-state index is -2.91. The summed E-state index contributed by atoms with van der Waals surface area (Å²) in [6, 6.07) is 0. The molecule has 1 amide bonds. The molecule has 1 N–H and O–H groups in total. The van der Waals surface area contributed by atoms with Crippen molar-refractivity contribution in [3.63, 3.8) is 0 Å². The molecule has 1 atom stereocenters. The van der Waals surface area contributed by atoms with Gasteiger partial charge in [-0.3, -0.25) is 4.79 Å². The maximum Gasteiger partial charge on any atom is 0.223 e. The van der Waals surface area contributed by atoms with Gasteiger partial charge in [0.1, 0.15) is 9.84 Å². The van der Waals surface area contributed by atoms with Gasteiger partial charge in [0, 0.05) is 24.5 Å². The van der Waals surface area contributed by atoms with Crippen molar-refractivity contribution < 1.29 is 13.2 Å². The van der Waals surface area contributed by atoms with Crippen molar-refractivity contribution in [1.82, 2.24) is 5.32 Å². The lowest BCUT2D eigenvalue weighted by Gasteiger charge is -2.08.